The fourth-order valence-corrected chi connectivity index (χ4v) is 8.68. The Hall–Kier alpha value is -3.88. The van der Waals surface area contributed by atoms with Crippen molar-refractivity contribution in [1.82, 2.24) is 9.13 Å². The van der Waals surface area contributed by atoms with Crippen LogP contribution in [0.3, 0.4) is 0 Å². The summed E-state index contributed by atoms with van der Waals surface area (Å²) in [6.45, 7) is -0.116. The monoisotopic (exact) mass is 562 g/mol. The molecule has 212 valence electrons. The second-order valence-electron chi connectivity index (χ2n) is 12.4. The number of hydrogen-bond donors (Lipinski definition) is 1. The molecular formula is C32H29F3N2O4. The van der Waals surface area contributed by atoms with E-state index in [1.54, 1.807) is 24.3 Å². The minimum atomic E-state index is -4.50. The van der Waals surface area contributed by atoms with Gasteiger partial charge in [0.1, 0.15) is 6.04 Å². The molecule has 1 N–H and O–H groups in total. The third-order valence-corrected chi connectivity index (χ3v) is 9.84. The standard InChI is InChI=1S/C32H29F3N2O4/c33-32(34,35)23-8-5-18(6-9-23)17-36-26-24-4-2-1-3-22(24)7-10-25(26)28(38)37(30(36)41)27(29(39)40)31-14-19-11-20(15-31)13-21(12-19)16-31/h1-10,19-21,27H,11-17H2,(H,39,40)/t19?,20?,21?,27-,31?/m1/s1. The first kappa shape index (κ1) is 26.0. The Morgan fingerprint density at radius 3 is 2.07 bits per heavy atom. The van der Waals surface area contributed by atoms with Gasteiger partial charge in [-0.15, -0.1) is 0 Å². The highest BCUT2D eigenvalue weighted by molar-refractivity contribution is 6.05. The summed E-state index contributed by atoms with van der Waals surface area (Å²) in [6.07, 6.45) is 0.745. The van der Waals surface area contributed by atoms with Crippen LogP contribution >= 0.6 is 0 Å². The van der Waals surface area contributed by atoms with E-state index >= 15 is 0 Å². The van der Waals surface area contributed by atoms with E-state index in [9.17, 15) is 32.7 Å². The van der Waals surface area contributed by atoms with E-state index in [1.165, 1.54) is 16.7 Å². The molecular weight excluding hydrogens is 533 g/mol. The minimum Gasteiger partial charge on any atom is -0.480 e. The van der Waals surface area contributed by atoms with Crippen molar-refractivity contribution in [2.45, 2.75) is 57.3 Å². The molecule has 1 heterocycles. The lowest BCUT2D eigenvalue weighted by Crippen LogP contribution is -2.56. The van der Waals surface area contributed by atoms with Crippen LogP contribution in [0.5, 0.6) is 0 Å². The smallest absolute Gasteiger partial charge is 0.416 e. The van der Waals surface area contributed by atoms with Gasteiger partial charge in [-0.25, -0.2) is 14.2 Å². The van der Waals surface area contributed by atoms with Crippen LogP contribution in [0.4, 0.5) is 13.2 Å². The maximum absolute atomic E-state index is 14.4. The minimum absolute atomic E-state index is 0.116. The third kappa shape index (κ3) is 4.11. The quantitative estimate of drug-likeness (QED) is 0.293. The van der Waals surface area contributed by atoms with Gasteiger partial charge in [0.2, 0.25) is 0 Å². The Bertz CT molecular complexity index is 1780. The fourth-order valence-electron chi connectivity index (χ4n) is 8.68. The Morgan fingerprint density at radius 2 is 1.49 bits per heavy atom. The molecule has 4 fully saturated rings. The van der Waals surface area contributed by atoms with Crippen molar-refractivity contribution in [3.63, 3.8) is 0 Å². The van der Waals surface area contributed by atoms with E-state index in [-0.39, 0.29) is 11.9 Å². The van der Waals surface area contributed by atoms with Gasteiger partial charge < -0.3 is 5.11 Å². The number of benzene rings is 3. The van der Waals surface area contributed by atoms with E-state index in [4.69, 9.17) is 0 Å². The van der Waals surface area contributed by atoms with Crippen LogP contribution in [-0.2, 0) is 17.5 Å². The van der Waals surface area contributed by atoms with Crippen LogP contribution in [0.15, 0.2) is 70.3 Å². The molecule has 4 aliphatic carbocycles. The van der Waals surface area contributed by atoms with Gasteiger partial charge in [0, 0.05) is 10.8 Å². The molecule has 3 aromatic carbocycles. The Labute approximate surface area is 233 Å². The molecule has 0 saturated heterocycles. The summed E-state index contributed by atoms with van der Waals surface area (Å²) in [7, 11) is 0. The number of alkyl halides is 3. The second kappa shape index (κ2) is 9.06. The van der Waals surface area contributed by atoms with Crippen LogP contribution in [-0.4, -0.2) is 20.2 Å². The summed E-state index contributed by atoms with van der Waals surface area (Å²) in [4.78, 5) is 41.6. The first-order valence-corrected chi connectivity index (χ1v) is 14.1. The van der Waals surface area contributed by atoms with Crippen LogP contribution in [0.1, 0.15) is 55.7 Å². The molecule has 6 nitrogen and oxygen atoms in total. The van der Waals surface area contributed by atoms with Crippen molar-refractivity contribution >= 4 is 27.6 Å². The molecule has 41 heavy (non-hydrogen) atoms. The summed E-state index contributed by atoms with van der Waals surface area (Å²) in [5.74, 6) is 0.0140. The van der Waals surface area contributed by atoms with E-state index in [1.807, 2.05) is 12.1 Å². The number of carboxylic acids is 1. The van der Waals surface area contributed by atoms with Gasteiger partial charge in [0.15, 0.2) is 0 Å². The van der Waals surface area contributed by atoms with Crippen molar-refractivity contribution in [2.75, 3.05) is 0 Å². The molecule has 8 rings (SSSR count). The SMILES string of the molecule is O=C(O)[C@@H](n1c(=O)c2ccc3ccccc3c2n(Cc2ccc(C(F)(F)F)cc2)c1=O)C12CC3CC(CC(C3)C1)C2. The molecule has 1 atom stereocenters. The summed E-state index contributed by atoms with van der Waals surface area (Å²) in [5.41, 5.74) is -2.09. The van der Waals surface area contributed by atoms with Gasteiger partial charge in [-0.1, -0.05) is 42.5 Å². The molecule has 4 bridgehead atoms. The van der Waals surface area contributed by atoms with Gasteiger partial charge in [-0.3, -0.25) is 9.36 Å². The molecule has 0 aliphatic heterocycles. The molecule has 0 amide bonds. The van der Waals surface area contributed by atoms with E-state index in [0.717, 1.165) is 41.3 Å². The first-order chi connectivity index (χ1) is 19.5. The molecule has 0 unspecified atom stereocenters. The Balaban J connectivity index is 1.47. The largest absolute Gasteiger partial charge is 0.480 e. The van der Waals surface area contributed by atoms with Crippen molar-refractivity contribution < 1.29 is 23.1 Å². The fraction of sp³-hybridized carbons (Fsp3) is 0.406. The number of carbonyl (C=O) groups is 1. The maximum atomic E-state index is 14.4. The lowest BCUT2D eigenvalue weighted by Gasteiger charge is -2.58. The predicted octanol–water partition coefficient (Wildman–Crippen LogP) is 6.23. The summed E-state index contributed by atoms with van der Waals surface area (Å²) in [5, 5.41) is 12.3. The molecule has 4 aliphatic rings. The van der Waals surface area contributed by atoms with Crippen LogP contribution in [0, 0.1) is 23.2 Å². The molecule has 0 spiro atoms. The lowest BCUT2D eigenvalue weighted by atomic mass is 9.47. The number of hydrogen-bond acceptors (Lipinski definition) is 3. The average Bonchev–Trinajstić information content (AvgIpc) is 2.91. The van der Waals surface area contributed by atoms with Gasteiger partial charge >= 0.3 is 17.8 Å². The number of halogens is 3. The predicted molar refractivity (Wildman–Crippen MR) is 148 cm³/mol. The van der Waals surface area contributed by atoms with Crippen LogP contribution in [0.25, 0.3) is 21.7 Å². The summed E-state index contributed by atoms with van der Waals surface area (Å²) in [6, 6.07) is 13.9. The number of nitrogens with zero attached hydrogens (tertiary/aromatic N) is 2. The highest BCUT2D eigenvalue weighted by Crippen LogP contribution is 2.63. The van der Waals surface area contributed by atoms with Gasteiger partial charge in [-0.2, -0.15) is 13.2 Å². The summed E-state index contributed by atoms with van der Waals surface area (Å²) >= 11 is 0. The topological polar surface area (TPSA) is 81.3 Å². The Kier molecular flexibility index (Phi) is 5.76. The van der Waals surface area contributed by atoms with Crippen molar-refractivity contribution in [3.8, 4) is 0 Å². The second-order valence-corrected chi connectivity index (χ2v) is 12.4. The van der Waals surface area contributed by atoms with Crippen molar-refractivity contribution in [1.29, 1.82) is 0 Å². The first-order valence-electron chi connectivity index (χ1n) is 14.1. The number of aromatic nitrogens is 2. The van der Waals surface area contributed by atoms with E-state index < -0.39 is 40.4 Å². The zero-order valence-corrected chi connectivity index (χ0v) is 22.2. The Morgan fingerprint density at radius 1 is 0.878 bits per heavy atom. The highest BCUT2D eigenvalue weighted by atomic mass is 19.4. The molecule has 1 aromatic heterocycles. The number of aliphatic carboxylic acids is 1. The molecule has 4 saturated carbocycles. The maximum Gasteiger partial charge on any atom is 0.416 e. The molecule has 9 heteroatoms. The van der Waals surface area contributed by atoms with E-state index in [2.05, 4.69) is 0 Å². The molecule has 0 radical (unpaired) electrons. The van der Waals surface area contributed by atoms with Crippen LogP contribution in [0.2, 0.25) is 0 Å². The highest BCUT2D eigenvalue weighted by Gasteiger charge is 2.57. The number of rotatable bonds is 5. The van der Waals surface area contributed by atoms with E-state index in [0.29, 0.717) is 53.5 Å². The van der Waals surface area contributed by atoms with Crippen LogP contribution < -0.4 is 11.2 Å². The third-order valence-electron chi connectivity index (χ3n) is 9.84. The zero-order valence-electron chi connectivity index (χ0n) is 22.2. The van der Waals surface area contributed by atoms with Crippen molar-refractivity contribution in [2.24, 2.45) is 23.2 Å². The van der Waals surface area contributed by atoms with Gasteiger partial charge in [-0.05, 0) is 85.4 Å². The van der Waals surface area contributed by atoms with Gasteiger partial charge in [0.05, 0.1) is 23.0 Å². The zero-order chi connectivity index (χ0) is 28.7. The molecule has 4 aromatic rings. The number of fused-ring (bicyclic) bond motifs is 3. The summed E-state index contributed by atoms with van der Waals surface area (Å²) < 4.78 is 42.0. The lowest BCUT2D eigenvalue weighted by molar-refractivity contribution is -0.156. The van der Waals surface area contributed by atoms with Gasteiger partial charge in [0.25, 0.3) is 5.56 Å². The normalized spacial score (nSPS) is 26.1. The van der Waals surface area contributed by atoms with Crippen molar-refractivity contribution in [3.05, 3.63) is 92.6 Å². The number of carboxylic acid groups (broad SMARTS) is 1. The average molecular weight is 563 g/mol.